The van der Waals surface area contributed by atoms with Gasteiger partial charge in [-0.1, -0.05) is 22.9 Å². The molecule has 0 aromatic carbocycles. The number of carbonyl (C=O) groups excluding carboxylic acids is 1. The van der Waals surface area contributed by atoms with E-state index >= 15 is 0 Å². The molecule has 0 unspecified atom stereocenters. The van der Waals surface area contributed by atoms with Gasteiger partial charge in [0, 0.05) is 77.7 Å². The molecule has 3 aromatic heterocycles. The summed E-state index contributed by atoms with van der Waals surface area (Å²) in [5.41, 5.74) is 1.30. The first kappa shape index (κ1) is 27.3. The highest BCUT2D eigenvalue weighted by molar-refractivity contribution is 7.85. The maximum absolute atomic E-state index is 12.9. The molecule has 3 aromatic rings. The molecule has 0 spiro atoms. The van der Waals surface area contributed by atoms with Crippen LogP contribution in [0, 0.1) is 0 Å². The summed E-state index contributed by atoms with van der Waals surface area (Å²) in [6.07, 6.45) is 3.64. The van der Waals surface area contributed by atoms with Crippen LogP contribution in [0.15, 0.2) is 29.8 Å². The van der Waals surface area contributed by atoms with Crippen LogP contribution in [0.1, 0.15) is 23.2 Å². The van der Waals surface area contributed by atoms with Crippen LogP contribution in [0.4, 0.5) is 10.1 Å². The SMILES string of the molecule is COc1cc(C(=O)Nc2nc(-c3cc(Cl)cs3)c(N3CCC(N4CCS(=O)CC4)CC3)s2)ccn1.Cl. The molecule has 1 N–H and O–H groups in total. The molecule has 36 heavy (non-hydrogen) atoms. The van der Waals surface area contributed by atoms with E-state index in [4.69, 9.17) is 21.3 Å². The van der Waals surface area contributed by atoms with Gasteiger partial charge in [0.2, 0.25) is 5.88 Å². The number of piperidine rings is 1. The van der Waals surface area contributed by atoms with Crippen LogP contribution in [-0.4, -0.2) is 75.8 Å². The maximum atomic E-state index is 12.9. The van der Waals surface area contributed by atoms with Gasteiger partial charge in [-0.25, -0.2) is 9.97 Å². The molecular weight excluding hydrogens is 561 g/mol. The zero-order valence-electron chi connectivity index (χ0n) is 19.6. The van der Waals surface area contributed by atoms with Crippen molar-refractivity contribution in [3.63, 3.8) is 0 Å². The lowest BCUT2D eigenvalue weighted by atomic mass is 10.0. The van der Waals surface area contributed by atoms with Gasteiger partial charge in [0.1, 0.15) is 10.7 Å². The normalized spacial score (nSPS) is 17.6. The van der Waals surface area contributed by atoms with Crippen molar-refractivity contribution in [2.45, 2.75) is 18.9 Å². The monoisotopic (exact) mass is 587 g/mol. The highest BCUT2D eigenvalue weighted by atomic mass is 35.5. The molecule has 0 saturated carbocycles. The van der Waals surface area contributed by atoms with E-state index in [2.05, 4.69) is 20.1 Å². The zero-order valence-corrected chi connectivity index (χ0v) is 23.7. The lowest BCUT2D eigenvalue weighted by Crippen LogP contribution is -2.49. The fraction of sp³-hybridized carbons (Fsp3) is 0.435. The van der Waals surface area contributed by atoms with Crippen molar-refractivity contribution in [1.29, 1.82) is 0 Å². The largest absolute Gasteiger partial charge is 0.481 e. The third-order valence-electron chi connectivity index (χ3n) is 6.32. The zero-order chi connectivity index (χ0) is 24.4. The summed E-state index contributed by atoms with van der Waals surface area (Å²) in [4.78, 5) is 27.6. The topological polar surface area (TPSA) is 87.7 Å². The highest BCUT2D eigenvalue weighted by Gasteiger charge is 2.30. The number of pyridine rings is 1. The van der Waals surface area contributed by atoms with Crippen molar-refractivity contribution < 1.29 is 13.7 Å². The van der Waals surface area contributed by atoms with E-state index in [-0.39, 0.29) is 18.3 Å². The quantitative estimate of drug-likeness (QED) is 0.449. The predicted molar refractivity (Wildman–Crippen MR) is 151 cm³/mol. The van der Waals surface area contributed by atoms with E-state index in [9.17, 15) is 9.00 Å². The van der Waals surface area contributed by atoms with Gasteiger partial charge in [-0.15, -0.1) is 23.7 Å². The summed E-state index contributed by atoms with van der Waals surface area (Å²) < 4.78 is 16.9. The number of hydrogen-bond donors (Lipinski definition) is 1. The first-order valence-corrected chi connectivity index (χ1v) is 15.0. The molecule has 0 atom stereocenters. The Labute approximate surface area is 231 Å². The number of thiophene rings is 1. The van der Waals surface area contributed by atoms with Crippen molar-refractivity contribution in [1.82, 2.24) is 14.9 Å². The Morgan fingerprint density at radius 1 is 1.22 bits per heavy atom. The molecule has 5 heterocycles. The molecule has 2 saturated heterocycles. The van der Waals surface area contributed by atoms with E-state index in [1.54, 1.807) is 29.7 Å². The Hall–Kier alpha value is -1.76. The summed E-state index contributed by atoms with van der Waals surface area (Å²) in [6.45, 7) is 3.67. The van der Waals surface area contributed by atoms with Gasteiger partial charge in [0.15, 0.2) is 5.13 Å². The van der Waals surface area contributed by atoms with Gasteiger partial charge in [-0.05, 0) is 25.0 Å². The van der Waals surface area contributed by atoms with Crippen LogP contribution in [0.3, 0.4) is 0 Å². The van der Waals surface area contributed by atoms with E-state index in [1.165, 1.54) is 18.4 Å². The maximum Gasteiger partial charge on any atom is 0.257 e. The van der Waals surface area contributed by atoms with Crippen LogP contribution in [-0.2, 0) is 10.8 Å². The molecule has 194 valence electrons. The number of carbonyl (C=O) groups is 1. The average Bonchev–Trinajstić information content (AvgIpc) is 3.50. The predicted octanol–water partition coefficient (Wildman–Crippen LogP) is 4.64. The molecule has 0 aliphatic carbocycles. The van der Waals surface area contributed by atoms with Gasteiger partial charge in [-0.2, -0.15) is 0 Å². The molecular formula is C23H27Cl2N5O3S3. The van der Waals surface area contributed by atoms with E-state index in [0.29, 0.717) is 27.6 Å². The van der Waals surface area contributed by atoms with Crippen LogP contribution in [0.25, 0.3) is 10.6 Å². The van der Waals surface area contributed by atoms with Crippen molar-refractivity contribution in [3.8, 4) is 16.5 Å². The molecule has 0 radical (unpaired) electrons. The van der Waals surface area contributed by atoms with E-state index in [0.717, 1.165) is 66.1 Å². The standard InChI is InChI=1S/C23H26ClN5O3S3.ClH/c1-32-19-12-15(2-5-25-19)21(30)27-23-26-20(18-13-16(24)14-33-18)22(34-23)29-6-3-17(4-7-29)28-8-10-35(31)11-9-28;/h2,5,12-14,17H,3-4,6-11H2,1H3,(H,26,27,30);1H. The third-order valence-corrected chi connectivity index (χ3v) is 9.91. The Kier molecular flexibility index (Phi) is 9.24. The van der Waals surface area contributed by atoms with Crippen molar-refractivity contribution >= 4 is 73.5 Å². The van der Waals surface area contributed by atoms with Gasteiger partial charge >= 0.3 is 0 Å². The number of nitrogens with zero attached hydrogens (tertiary/aromatic N) is 4. The fourth-order valence-electron chi connectivity index (χ4n) is 4.46. The summed E-state index contributed by atoms with van der Waals surface area (Å²) in [5, 5.41) is 7.11. The second-order valence-electron chi connectivity index (χ2n) is 8.45. The summed E-state index contributed by atoms with van der Waals surface area (Å²) in [7, 11) is 0.863. The third kappa shape index (κ3) is 6.20. The molecule has 5 rings (SSSR count). The number of nitrogens with one attached hydrogen (secondary N) is 1. The fourth-order valence-corrected chi connectivity index (χ4v) is 7.70. The van der Waals surface area contributed by atoms with Gasteiger partial charge in [-0.3, -0.25) is 19.2 Å². The van der Waals surface area contributed by atoms with Crippen LogP contribution in [0.5, 0.6) is 5.88 Å². The van der Waals surface area contributed by atoms with Gasteiger partial charge in [0.05, 0.1) is 17.0 Å². The Bertz CT molecular complexity index is 1220. The lowest BCUT2D eigenvalue weighted by molar-refractivity contribution is 0.102. The Morgan fingerprint density at radius 2 is 1.97 bits per heavy atom. The van der Waals surface area contributed by atoms with E-state index in [1.807, 2.05) is 11.4 Å². The van der Waals surface area contributed by atoms with Crippen molar-refractivity contribution in [3.05, 3.63) is 40.4 Å². The number of amides is 1. The number of methoxy groups -OCH3 is 1. The first-order valence-electron chi connectivity index (χ1n) is 11.4. The Balaban J connectivity index is 0.00000304. The molecule has 2 fully saturated rings. The first-order chi connectivity index (χ1) is 17.0. The second kappa shape index (κ2) is 12.2. The number of hydrogen-bond acceptors (Lipinski definition) is 9. The second-order valence-corrected chi connectivity index (χ2v) is 12.5. The number of ether oxygens (including phenoxy) is 1. The number of aromatic nitrogens is 2. The molecule has 8 nitrogen and oxygen atoms in total. The number of thiazole rings is 1. The molecule has 2 aliphatic rings. The molecule has 13 heteroatoms. The minimum absolute atomic E-state index is 0. The van der Waals surface area contributed by atoms with Crippen LogP contribution >= 0.6 is 46.7 Å². The van der Waals surface area contributed by atoms with Gasteiger partial charge < -0.3 is 9.64 Å². The number of rotatable bonds is 6. The smallest absolute Gasteiger partial charge is 0.257 e. The van der Waals surface area contributed by atoms with E-state index < -0.39 is 10.8 Å². The molecule has 0 bridgehead atoms. The van der Waals surface area contributed by atoms with Crippen molar-refractivity contribution in [2.24, 2.45) is 0 Å². The number of anilines is 2. The lowest BCUT2D eigenvalue weighted by Gasteiger charge is -2.40. The Morgan fingerprint density at radius 3 is 2.64 bits per heavy atom. The average molecular weight is 589 g/mol. The number of halogens is 2. The molecule has 1 amide bonds. The minimum atomic E-state index is -0.656. The minimum Gasteiger partial charge on any atom is -0.481 e. The van der Waals surface area contributed by atoms with Crippen molar-refractivity contribution in [2.75, 3.05) is 55.0 Å². The summed E-state index contributed by atoms with van der Waals surface area (Å²) >= 11 is 9.26. The highest BCUT2D eigenvalue weighted by Crippen LogP contribution is 2.43. The molecule has 2 aliphatic heterocycles. The summed E-state index contributed by atoms with van der Waals surface area (Å²) in [6, 6.07) is 5.69. The van der Waals surface area contributed by atoms with Crippen LogP contribution in [0.2, 0.25) is 5.02 Å². The van der Waals surface area contributed by atoms with Crippen LogP contribution < -0.4 is 15.0 Å². The van der Waals surface area contributed by atoms with Gasteiger partial charge in [0.25, 0.3) is 5.91 Å². The summed E-state index contributed by atoms with van der Waals surface area (Å²) in [5.74, 6) is 1.69.